The lowest BCUT2D eigenvalue weighted by atomic mass is 10.5. The van der Waals surface area contributed by atoms with E-state index in [-0.39, 0.29) is 0 Å². The van der Waals surface area contributed by atoms with Gasteiger partial charge in [0, 0.05) is 6.08 Å². The van der Waals surface area contributed by atoms with Crippen LogP contribution in [0.25, 0.3) is 0 Å². The van der Waals surface area contributed by atoms with Gasteiger partial charge in [0.05, 0.1) is 0 Å². The van der Waals surface area contributed by atoms with Crippen LogP contribution in [0.5, 0.6) is 0 Å². The highest BCUT2D eigenvalue weighted by Gasteiger charge is 1.77. The Kier molecular flexibility index (Phi) is 1.44. The summed E-state index contributed by atoms with van der Waals surface area (Å²) in [5.74, 6) is 0. The van der Waals surface area contributed by atoms with Crippen LogP contribution in [0.3, 0.4) is 0 Å². The fraction of sp³-hybridized carbons (Fsp3) is 0.167. The van der Waals surface area contributed by atoms with Crippen molar-refractivity contribution in [1.29, 1.82) is 0 Å². The Morgan fingerprint density at radius 1 is 1.14 bits per heavy atom. The Hall–Kier alpha value is -0.850. The Morgan fingerprint density at radius 2 is 2.14 bits per heavy atom. The molecular formula is C6H8N+. The van der Waals surface area contributed by atoms with Crippen molar-refractivity contribution in [2.24, 2.45) is 0 Å². The smallest absolute Gasteiger partial charge is 0.161 e. The van der Waals surface area contributed by atoms with Gasteiger partial charge >= 0.3 is 0 Å². The first-order valence-electron chi connectivity index (χ1n) is 2.38. The zero-order valence-electron chi connectivity index (χ0n) is 4.09. The third kappa shape index (κ3) is 1.35. The summed E-state index contributed by atoms with van der Waals surface area (Å²) >= 11 is 0. The van der Waals surface area contributed by atoms with E-state index in [4.69, 9.17) is 0 Å². The maximum absolute atomic E-state index is 3.05. The molecular weight excluding hydrogens is 86.1 g/mol. The van der Waals surface area contributed by atoms with Gasteiger partial charge in [0.15, 0.2) is 12.8 Å². The van der Waals surface area contributed by atoms with E-state index >= 15 is 0 Å². The van der Waals surface area contributed by atoms with Crippen LogP contribution in [0.15, 0.2) is 24.3 Å². The first kappa shape index (κ1) is 4.31. The minimum Gasteiger partial charge on any atom is -0.244 e. The summed E-state index contributed by atoms with van der Waals surface area (Å²) < 4.78 is 0. The summed E-state index contributed by atoms with van der Waals surface area (Å²) in [5, 5.41) is 0. The van der Waals surface area contributed by atoms with Crippen LogP contribution < -0.4 is 4.99 Å². The van der Waals surface area contributed by atoms with Gasteiger partial charge in [0.25, 0.3) is 0 Å². The van der Waals surface area contributed by atoms with Gasteiger partial charge in [-0.05, 0) is 6.08 Å². The molecule has 1 aliphatic rings. The summed E-state index contributed by atoms with van der Waals surface area (Å²) in [7, 11) is 0. The molecule has 1 N–H and O–H groups in total. The average Bonchev–Trinajstić information content (AvgIpc) is 1.90. The van der Waals surface area contributed by atoms with Crippen LogP contribution >= 0.6 is 0 Å². The summed E-state index contributed by atoms with van der Waals surface area (Å²) in [6.07, 6.45) is 10.0. The highest BCUT2D eigenvalue weighted by atomic mass is 14.7. The molecule has 0 aromatic rings. The van der Waals surface area contributed by atoms with Gasteiger partial charge in [-0.2, -0.15) is 0 Å². The molecule has 1 heteroatoms. The van der Waals surface area contributed by atoms with Crippen molar-refractivity contribution in [2.45, 2.75) is 0 Å². The molecule has 7 heavy (non-hydrogen) atoms. The molecule has 0 radical (unpaired) electrons. The first-order valence-corrected chi connectivity index (χ1v) is 2.38. The van der Waals surface area contributed by atoms with Crippen LogP contribution in [0.2, 0.25) is 0 Å². The molecule has 1 heterocycles. The molecule has 0 unspecified atom stereocenters. The fourth-order valence-corrected chi connectivity index (χ4v) is 0.470. The second-order valence-corrected chi connectivity index (χ2v) is 1.39. The molecule has 0 aromatic carbocycles. The minimum absolute atomic E-state index is 0.951. The molecule has 0 fully saturated rings. The highest BCUT2D eigenvalue weighted by molar-refractivity contribution is 5.66. The van der Waals surface area contributed by atoms with Gasteiger partial charge < -0.3 is 0 Å². The minimum atomic E-state index is 0.951. The van der Waals surface area contributed by atoms with E-state index in [1.807, 2.05) is 24.4 Å². The number of allylic oxidation sites excluding steroid dienone is 3. The van der Waals surface area contributed by atoms with E-state index in [1.165, 1.54) is 0 Å². The van der Waals surface area contributed by atoms with E-state index in [9.17, 15) is 0 Å². The highest BCUT2D eigenvalue weighted by Crippen LogP contribution is 1.71. The van der Waals surface area contributed by atoms with E-state index in [1.54, 1.807) is 0 Å². The quantitative estimate of drug-likeness (QED) is 0.406. The summed E-state index contributed by atoms with van der Waals surface area (Å²) in [4.78, 5) is 3.05. The first-order chi connectivity index (χ1) is 3.50. The van der Waals surface area contributed by atoms with Gasteiger partial charge in [-0.15, -0.1) is 0 Å². The molecule has 1 aliphatic heterocycles. The zero-order chi connectivity index (χ0) is 4.95. The van der Waals surface area contributed by atoms with Crippen LogP contribution in [-0.2, 0) is 0 Å². The summed E-state index contributed by atoms with van der Waals surface area (Å²) in [6, 6.07) is 0. The normalized spacial score (nSPS) is 17.1. The standard InChI is InChI=1S/C6H7N/c1-2-4-6-7-5-3-1/h1-5H,6H2/p+1. The molecule has 0 aromatic heterocycles. The summed E-state index contributed by atoms with van der Waals surface area (Å²) in [5.41, 5.74) is 0. The lowest BCUT2D eigenvalue weighted by Gasteiger charge is -1.64. The predicted octanol–water partition coefficient (Wildman–Crippen LogP) is -0.736. The van der Waals surface area contributed by atoms with Crippen LogP contribution in [0, 0.1) is 0 Å². The maximum atomic E-state index is 3.05. The molecule has 0 aliphatic carbocycles. The van der Waals surface area contributed by atoms with Crippen molar-refractivity contribution in [1.82, 2.24) is 0 Å². The van der Waals surface area contributed by atoms with E-state index in [0.717, 1.165) is 6.54 Å². The monoisotopic (exact) mass is 94.1 g/mol. The third-order valence-electron chi connectivity index (χ3n) is 0.808. The maximum Gasteiger partial charge on any atom is 0.161 e. The van der Waals surface area contributed by atoms with Crippen molar-refractivity contribution in [2.75, 3.05) is 6.54 Å². The number of hydrogen-bond acceptors (Lipinski definition) is 0. The Bertz CT molecular complexity index is 106. The molecule has 0 atom stereocenters. The van der Waals surface area contributed by atoms with Crippen LogP contribution in [-0.4, -0.2) is 12.8 Å². The lowest BCUT2D eigenvalue weighted by Crippen LogP contribution is -2.67. The van der Waals surface area contributed by atoms with Crippen molar-refractivity contribution in [3.63, 3.8) is 0 Å². The molecule has 0 spiro atoms. The molecule has 1 nitrogen and oxygen atoms in total. The van der Waals surface area contributed by atoms with Crippen molar-refractivity contribution in [3.05, 3.63) is 24.3 Å². The largest absolute Gasteiger partial charge is 0.244 e. The number of rotatable bonds is 0. The predicted molar refractivity (Wildman–Crippen MR) is 30.2 cm³/mol. The van der Waals surface area contributed by atoms with Crippen molar-refractivity contribution >= 4 is 6.21 Å². The second kappa shape index (κ2) is 2.35. The van der Waals surface area contributed by atoms with E-state index in [2.05, 4.69) is 11.1 Å². The molecule has 0 saturated heterocycles. The van der Waals surface area contributed by atoms with Gasteiger partial charge in [0.2, 0.25) is 0 Å². The fourth-order valence-electron chi connectivity index (χ4n) is 0.470. The van der Waals surface area contributed by atoms with Gasteiger partial charge in [0.1, 0.15) is 0 Å². The van der Waals surface area contributed by atoms with Crippen LogP contribution in [0.1, 0.15) is 0 Å². The molecule has 1 rings (SSSR count). The van der Waals surface area contributed by atoms with Crippen molar-refractivity contribution in [3.8, 4) is 0 Å². The van der Waals surface area contributed by atoms with Gasteiger partial charge in [-0.3, -0.25) is 0 Å². The number of hydrogen-bond donors (Lipinski definition) is 1. The molecule has 0 bridgehead atoms. The number of nitrogens with one attached hydrogen (secondary N) is 1. The van der Waals surface area contributed by atoms with Crippen molar-refractivity contribution < 1.29 is 4.99 Å². The topological polar surface area (TPSA) is 14.0 Å². The molecule has 0 saturated carbocycles. The summed E-state index contributed by atoms with van der Waals surface area (Å²) in [6.45, 7) is 0.951. The SMILES string of the molecule is C1=CC=[NH+]CC=C1. The third-order valence-corrected chi connectivity index (χ3v) is 0.808. The second-order valence-electron chi connectivity index (χ2n) is 1.39. The Morgan fingerprint density at radius 3 is 3.14 bits per heavy atom. The molecule has 0 amide bonds. The average molecular weight is 94.1 g/mol. The Balaban J connectivity index is 2.60. The lowest BCUT2D eigenvalue weighted by molar-refractivity contribution is -0.437. The Labute approximate surface area is 43.1 Å². The zero-order valence-corrected chi connectivity index (χ0v) is 4.09. The van der Waals surface area contributed by atoms with Gasteiger partial charge in [-0.25, -0.2) is 4.99 Å². The van der Waals surface area contributed by atoms with Gasteiger partial charge in [-0.1, -0.05) is 12.2 Å². The molecule has 36 valence electrons. The van der Waals surface area contributed by atoms with Crippen LogP contribution in [0.4, 0.5) is 0 Å². The van der Waals surface area contributed by atoms with E-state index < -0.39 is 0 Å². The van der Waals surface area contributed by atoms with E-state index in [0.29, 0.717) is 0 Å².